The van der Waals surface area contributed by atoms with E-state index in [4.69, 9.17) is 0 Å². The molecule has 0 radical (unpaired) electrons. The molecular formula is C58H40N2. The fraction of sp³-hybridized carbons (Fsp3) is 0. The number of anilines is 3. The summed E-state index contributed by atoms with van der Waals surface area (Å²) in [5.41, 5.74) is 16.3. The predicted octanol–water partition coefficient (Wildman–Crippen LogP) is 16.1. The largest absolute Gasteiger partial charge is 0.309 e. The van der Waals surface area contributed by atoms with Crippen molar-refractivity contribution in [2.75, 3.05) is 4.90 Å². The van der Waals surface area contributed by atoms with Crippen molar-refractivity contribution in [3.63, 3.8) is 0 Å². The SMILES string of the molecule is c1ccc(-c2ccccc2-c2c(-c3ccccc3)cccc2N(c2cccc(-c3ccc4c(c3)c3ccccc3n4-c3ccccc3)c2)c2cccc3ccccc23)cc1. The quantitative estimate of drug-likeness (QED) is 0.150. The van der Waals surface area contributed by atoms with Gasteiger partial charge in [-0.05, 0) is 98.9 Å². The molecule has 2 heteroatoms. The fourth-order valence-electron chi connectivity index (χ4n) is 9.08. The summed E-state index contributed by atoms with van der Waals surface area (Å²) < 4.78 is 2.38. The van der Waals surface area contributed by atoms with E-state index in [-0.39, 0.29) is 0 Å². The molecule has 0 bridgehead atoms. The Hall–Kier alpha value is -7.94. The number of benzene rings is 10. The summed E-state index contributed by atoms with van der Waals surface area (Å²) in [5.74, 6) is 0. The third-order valence-corrected chi connectivity index (χ3v) is 11.8. The Morgan fingerprint density at radius 2 is 0.833 bits per heavy atom. The minimum absolute atomic E-state index is 1.08. The molecule has 0 aliphatic heterocycles. The zero-order valence-corrected chi connectivity index (χ0v) is 33.0. The highest BCUT2D eigenvalue weighted by Gasteiger charge is 2.24. The number of rotatable bonds is 8. The number of hydrogen-bond donors (Lipinski definition) is 0. The lowest BCUT2D eigenvalue weighted by Gasteiger charge is -2.31. The molecule has 2 nitrogen and oxygen atoms in total. The van der Waals surface area contributed by atoms with Crippen molar-refractivity contribution in [2.24, 2.45) is 0 Å². The van der Waals surface area contributed by atoms with Crippen molar-refractivity contribution in [1.82, 2.24) is 4.57 Å². The van der Waals surface area contributed by atoms with E-state index in [0.29, 0.717) is 0 Å². The maximum Gasteiger partial charge on any atom is 0.0546 e. The smallest absolute Gasteiger partial charge is 0.0546 e. The first-order chi connectivity index (χ1) is 29.8. The van der Waals surface area contributed by atoms with Crippen molar-refractivity contribution in [2.45, 2.75) is 0 Å². The molecule has 0 N–H and O–H groups in total. The lowest BCUT2D eigenvalue weighted by molar-refractivity contribution is 1.18. The Kier molecular flexibility index (Phi) is 8.87. The van der Waals surface area contributed by atoms with Crippen LogP contribution in [0, 0.1) is 0 Å². The molecule has 10 aromatic carbocycles. The molecule has 11 aromatic rings. The summed E-state index contributed by atoms with van der Waals surface area (Å²) >= 11 is 0. The van der Waals surface area contributed by atoms with E-state index in [2.05, 4.69) is 252 Å². The van der Waals surface area contributed by atoms with E-state index in [1.54, 1.807) is 0 Å². The lowest BCUT2D eigenvalue weighted by Crippen LogP contribution is -2.12. The highest BCUT2D eigenvalue weighted by Crippen LogP contribution is 2.49. The van der Waals surface area contributed by atoms with Gasteiger partial charge < -0.3 is 9.47 Å². The van der Waals surface area contributed by atoms with Crippen LogP contribution in [-0.2, 0) is 0 Å². The standard InChI is InChI=1S/C58H40N2/c1-4-19-41(20-5-1)48-29-12-13-32-52(48)58-50(43-21-6-2-7-22-43)33-18-36-57(58)60(54-35-17-24-42-23-10-11-30-49(42)54)47-28-16-25-44(39-47)45-37-38-56-53(40-45)51-31-14-15-34-55(51)59(56)46-26-8-3-9-27-46/h1-40H. The van der Waals surface area contributed by atoms with Gasteiger partial charge in [-0.15, -0.1) is 0 Å². The maximum absolute atomic E-state index is 2.48. The lowest BCUT2D eigenvalue weighted by atomic mass is 9.87. The summed E-state index contributed by atoms with van der Waals surface area (Å²) in [6.45, 7) is 0. The van der Waals surface area contributed by atoms with Crippen LogP contribution in [0.1, 0.15) is 0 Å². The van der Waals surface area contributed by atoms with Gasteiger partial charge in [-0.3, -0.25) is 0 Å². The molecule has 0 unspecified atom stereocenters. The number of hydrogen-bond acceptors (Lipinski definition) is 1. The van der Waals surface area contributed by atoms with E-state index in [1.165, 1.54) is 71.5 Å². The van der Waals surface area contributed by atoms with E-state index in [0.717, 1.165) is 28.3 Å². The molecule has 1 aromatic heterocycles. The van der Waals surface area contributed by atoms with Crippen molar-refractivity contribution in [1.29, 1.82) is 0 Å². The molecule has 1 heterocycles. The summed E-state index contributed by atoms with van der Waals surface area (Å²) in [6, 6.07) is 88.0. The van der Waals surface area contributed by atoms with Crippen molar-refractivity contribution >= 4 is 49.6 Å². The molecule has 0 spiro atoms. The monoisotopic (exact) mass is 764 g/mol. The van der Waals surface area contributed by atoms with Gasteiger partial charge in [-0.25, -0.2) is 0 Å². The third-order valence-electron chi connectivity index (χ3n) is 11.8. The summed E-state index contributed by atoms with van der Waals surface area (Å²) in [6.07, 6.45) is 0. The molecule has 0 aliphatic rings. The highest BCUT2D eigenvalue weighted by molar-refractivity contribution is 6.11. The predicted molar refractivity (Wildman–Crippen MR) is 255 cm³/mol. The van der Waals surface area contributed by atoms with Crippen molar-refractivity contribution in [3.8, 4) is 50.2 Å². The van der Waals surface area contributed by atoms with E-state index in [1.807, 2.05) is 0 Å². The molecule has 282 valence electrons. The molecule has 0 saturated heterocycles. The summed E-state index contributed by atoms with van der Waals surface area (Å²) in [5, 5.41) is 4.86. The number of para-hydroxylation sites is 2. The second-order valence-electron chi connectivity index (χ2n) is 15.3. The average molecular weight is 765 g/mol. The van der Waals surface area contributed by atoms with Crippen LogP contribution in [0.2, 0.25) is 0 Å². The first-order valence-corrected chi connectivity index (χ1v) is 20.6. The second-order valence-corrected chi connectivity index (χ2v) is 15.3. The highest BCUT2D eigenvalue weighted by atomic mass is 15.1. The van der Waals surface area contributed by atoms with Gasteiger partial charge in [-0.1, -0.05) is 188 Å². The van der Waals surface area contributed by atoms with E-state index >= 15 is 0 Å². The molecule has 0 amide bonds. The molecule has 60 heavy (non-hydrogen) atoms. The van der Waals surface area contributed by atoms with Crippen LogP contribution < -0.4 is 4.90 Å². The Morgan fingerprint density at radius 1 is 0.300 bits per heavy atom. The van der Waals surface area contributed by atoms with Crippen LogP contribution >= 0.6 is 0 Å². The van der Waals surface area contributed by atoms with E-state index in [9.17, 15) is 0 Å². The number of aromatic nitrogens is 1. The average Bonchev–Trinajstić information content (AvgIpc) is 3.66. The molecule has 11 rings (SSSR count). The first kappa shape index (κ1) is 35.2. The van der Waals surface area contributed by atoms with Crippen molar-refractivity contribution < 1.29 is 0 Å². The van der Waals surface area contributed by atoms with Gasteiger partial charge in [0.1, 0.15) is 0 Å². The molecule has 0 aliphatic carbocycles. The van der Waals surface area contributed by atoms with Crippen LogP contribution in [0.25, 0.3) is 82.8 Å². The maximum atomic E-state index is 2.48. The van der Waals surface area contributed by atoms with Crippen molar-refractivity contribution in [3.05, 3.63) is 243 Å². The second kappa shape index (κ2) is 15.1. The third kappa shape index (κ3) is 6.14. The molecule has 0 atom stereocenters. The molecule has 0 saturated carbocycles. The van der Waals surface area contributed by atoms with Gasteiger partial charge in [0.25, 0.3) is 0 Å². The zero-order valence-electron chi connectivity index (χ0n) is 33.0. The van der Waals surface area contributed by atoms with Crippen LogP contribution in [0.3, 0.4) is 0 Å². The normalized spacial score (nSPS) is 11.3. The van der Waals surface area contributed by atoms with Gasteiger partial charge in [0.05, 0.1) is 22.4 Å². The topological polar surface area (TPSA) is 8.17 Å². The minimum atomic E-state index is 1.08. The first-order valence-electron chi connectivity index (χ1n) is 20.6. The number of fused-ring (bicyclic) bond motifs is 4. The van der Waals surface area contributed by atoms with Gasteiger partial charge in [-0.2, -0.15) is 0 Å². The molecular weight excluding hydrogens is 725 g/mol. The fourth-order valence-corrected chi connectivity index (χ4v) is 9.08. The summed E-state index contributed by atoms with van der Waals surface area (Å²) in [7, 11) is 0. The Morgan fingerprint density at radius 3 is 1.63 bits per heavy atom. The Labute approximate surface area is 350 Å². The van der Waals surface area contributed by atoms with Gasteiger partial charge in [0.2, 0.25) is 0 Å². The molecule has 0 fully saturated rings. The number of nitrogens with zero attached hydrogens (tertiary/aromatic N) is 2. The van der Waals surface area contributed by atoms with Gasteiger partial charge >= 0.3 is 0 Å². The van der Waals surface area contributed by atoms with Crippen LogP contribution in [0.15, 0.2) is 243 Å². The Bertz CT molecular complexity index is 3300. The summed E-state index contributed by atoms with van der Waals surface area (Å²) in [4.78, 5) is 2.48. The van der Waals surface area contributed by atoms with Gasteiger partial charge in [0, 0.05) is 33.1 Å². The zero-order chi connectivity index (χ0) is 39.8. The minimum Gasteiger partial charge on any atom is -0.309 e. The van der Waals surface area contributed by atoms with Gasteiger partial charge in [0.15, 0.2) is 0 Å². The van der Waals surface area contributed by atoms with Crippen LogP contribution in [-0.4, -0.2) is 4.57 Å². The van der Waals surface area contributed by atoms with Crippen LogP contribution in [0.4, 0.5) is 17.1 Å². The Balaban J connectivity index is 1.16. The van der Waals surface area contributed by atoms with E-state index < -0.39 is 0 Å². The van der Waals surface area contributed by atoms with Crippen LogP contribution in [0.5, 0.6) is 0 Å².